The van der Waals surface area contributed by atoms with Crippen LogP contribution in [0.2, 0.25) is 0 Å². The molecule has 3 aromatic rings. The number of nitrogens with two attached hydrogens (primary N) is 1. The summed E-state index contributed by atoms with van der Waals surface area (Å²) in [7, 11) is 1.62. The number of pyridine rings is 1. The number of nitrogen functional groups attached to an aromatic ring is 1. The van der Waals surface area contributed by atoms with Gasteiger partial charge in [-0.05, 0) is 0 Å². The number of fused-ring (bicyclic) bond motifs is 2. The number of benzene rings is 1. The number of rotatable bonds is 3. The van der Waals surface area contributed by atoms with Crippen LogP contribution in [0, 0.1) is 0 Å². The van der Waals surface area contributed by atoms with E-state index in [4.69, 9.17) is 15.2 Å². The van der Waals surface area contributed by atoms with Crippen molar-refractivity contribution < 1.29 is 14.3 Å². The van der Waals surface area contributed by atoms with E-state index in [2.05, 4.69) is 4.98 Å². The summed E-state index contributed by atoms with van der Waals surface area (Å²) in [5.41, 5.74) is 7.43. The van der Waals surface area contributed by atoms with Crippen LogP contribution in [0.25, 0.3) is 20.7 Å². The van der Waals surface area contributed by atoms with Gasteiger partial charge in [0, 0.05) is 0 Å². The summed E-state index contributed by atoms with van der Waals surface area (Å²) >= 11 is -0.219. The average molecular weight is 349 g/mol. The van der Waals surface area contributed by atoms with Crippen LogP contribution < -0.4 is 10.5 Å². The number of nitrogens with zero attached hydrogens (tertiary/aromatic N) is 1. The Balaban J connectivity index is 2.21. The molecule has 5 nitrogen and oxygen atoms in total. The topological polar surface area (TPSA) is 74.4 Å². The third-order valence-electron chi connectivity index (χ3n) is 3.18. The summed E-state index contributed by atoms with van der Waals surface area (Å²) in [5, 5.41) is 1.81. The van der Waals surface area contributed by atoms with Crippen molar-refractivity contribution in [3.63, 3.8) is 0 Å². The second-order valence-electron chi connectivity index (χ2n) is 4.47. The molecule has 0 bridgehead atoms. The van der Waals surface area contributed by atoms with Gasteiger partial charge in [0.1, 0.15) is 0 Å². The van der Waals surface area contributed by atoms with Gasteiger partial charge in [-0.15, -0.1) is 0 Å². The Bertz CT molecular complexity index is 842. The summed E-state index contributed by atoms with van der Waals surface area (Å²) in [6.45, 7) is 2.12. The van der Waals surface area contributed by atoms with E-state index in [1.807, 2.05) is 24.3 Å². The molecule has 6 heteroatoms. The van der Waals surface area contributed by atoms with Crippen LogP contribution in [0.15, 0.2) is 24.3 Å². The Morgan fingerprint density at radius 3 is 2.90 bits per heavy atom. The van der Waals surface area contributed by atoms with Gasteiger partial charge in [0.05, 0.1) is 0 Å². The SMILES string of the molecule is CCOC(=O)c1[se]c2nc3cc(OC)ccc3cc2c1N. The van der Waals surface area contributed by atoms with Gasteiger partial charge in [0.25, 0.3) is 0 Å². The van der Waals surface area contributed by atoms with Crippen molar-refractivity contribution in [3.05, 3.63) is 28.7 Å². The number of hydrogen-bond donors (Lipinski definition) is 1. The molecule has 0 radical (unpaired) electrons. The standard InChI is InChI=1S/C15H14N2O3Se/c1-3-20-15(18)13-12(16)10-6-8-4-5-9(19-2)7-11(8)17-14(10)21-13/h4-7H,3,16H2,1-2H3. The van der Waals surface area contributed by atoms with Crippen LogP contribution in [0.3, 0.4) is 0 Å². The molecule has 3 rings (SSSR count). The number of aromatic nitrogens is 1. The number of esters is 1. The van der Waals surface area contributed by atoms with Crippen LogP contribution in [-0.4, -0.2) is 39.2 Å². The zero-order chi connectivity index (χ0) is 15.0. The molecule has 2 N–H and O–H groups in total. The second-order valence-corrected chi connectivity index (χ2v) is 6.56. The number of anilines is 1. The van der Waals surface area contributed by atoms with Crippen molar-refractivity contribution in [1.29, 1.82) is 0 Å². The second kappa shape index (κ2) is 5.39. The van der Waals surface area contributed by atoms with E-state index >= 15 is 0 Å². The van der Waals surface area contributed by atoms with E-state index in [0.717, 1.165) is 26.4 Å². The first-order valence-corrected chi connectivity index (χ1v) is 8.19. The molecule has 0 aliphatic carbocycles. The summed E-state index contributed by atoms with van der Waals surface area (Å²) in [5.74, 6) is 0.418. The van der Waals surface area contributed by atoms with E-state index in [1.165, 1.54) is 0 Å². The zero-order valence-corrected chi connectivity index (χ0v) is 13.4. The molecular formula is C15H14N2O3Se. The van der Waals surface area contributed by atoms with E-state index in [1.54, 1.807) is 14.0 Å². The fourth-order valence-corrected chi connectivity index (χ4v) is 4.20. The molecule has 0 saturated carbocycles. The van der Waals surface area contributed by atoms with Crippen LogP contribution >= 0.6 is 0 Å². The number of carbonyl (C=O) groups is 1. The number of ether oxygens (including phenoxy) is 2. The van der Waals surface area contributed by atoms with Gasteiger partial charge in [-0.25, -0.2) is 0 Å². The molecule has 0 spiro atoms. The first-order chi connectivity index (χ1) is 10.1. The van der Waals surface area contributed by atoms with Crippen molar-refractivity contribution in [3.8, 4) is 5.75 Å². The molecule has 0 amide bonds. The molecule has 2 heterocycles. The van der Waals surface area contributed by atoms with E-state index in [0.29, 0.717) is 16.7 Å². The number of methoxy groups -OCH3 is 1. The Morgan fingerprint density at radius 2 is 2.19 bits per heavy atom. The molecule has 0 saturated heterocycles. The minimum absolute atomic E-state index is 0.219. The molecule has 0 aliphatic heterocycles. The maximum absolute atomic E-state index is 11.9. The van der Waals surface area contributed by atoms with Gasteiger partial charge in [0.2, 0.25) is 0 Å². The van der Waals surface area contributed by atoms with Gasteiger partial charge in [-0.2, -0.15) is 0 Å². The molecule has 0 fully saturated rings. The quantitative estimate of drug-likeness (QED) is 0.580. The van der Waals surface area contributed by atoms with Crippen LogP contribution in [0.5, 0.6) is 5.75 Å². The molecule has 1 aromatic carbocycles. The Morgan fingerprint density at radius 1 is 1.38 bits per heavy atom. The van der Waals surface area contributed by atoms with Crippen molar-refractivity contribution >= 4 is 46.8 Å². The van der Waals surface area contributed by atoms with Crippen LogP contribution in [0.4, 0.5) is 5.69 Å². The maximum atomic E-state index is 11.9. The van der Waals surface area contributed by atoms with Crippen molar-refractivity contribution in [2.45, 2.75) is 6.92 Å². The van der Waals surface area contributed by atoms with Crippen molar-refractivity contribution in [1.82, 2.24) is 4.98 Å². The predicted octanol–water partition coefficient (Wildman–Crippen LogP) is 2.21. The zero-order valence-electron chi connectivity index (χ0n) is 11.7. The van der Waals surface area contributed by atoms with Gasteiger partial charge in [-0.3, -0.25) is 0 Å². The monoisotopic (exact) mass is 350 g/mol. The van der Waals surface area contributed by atoms with Gasteiger partial charge in [-0.1, -0.05) is 0 Å². The third kappa shape index (κ3) is 2.37. The molecule has 0 unspecified atom stereocenters. The van der Waals surface area contributed by atoms with E-state index in [-0.39, 0.29) is 20.5 Å². The molecule has 108 valence electrons. The molecule has 2 aromatic heterocycles. The Hall–Kier alpha value is -2.04. The fourth-order valence-electron chi connectivity index (χ4n) is 2.15. The Labute approximate surface area is 127 Å². The summed E-state index contributed by atoms with van der Waals surface area (Å²) < 4.78 is 11.7. The molecule has 21 heavy (non-hydrogen) atoms. The van der Waals surface area contributed by atoms with E-state index in [9.17, 15) is 4.79 Å². The van der Waals surface area contributed by atoms with Crippen LogP contribution in [-0.2, 0) is 4.74 Å². The Kier molecular flexibility index (Phi) is 3.57. The average Bonchev–Trinajstić information content (AvgIpc) is 2.81. The predicted molar refractivity (Wildman–Crippen MR) is 83.1 cm³/mol. The van der Waals surface area contributed by atoms with Crippen LogP contribution in [0.1, 0.15) is 16.2 Å². The van der Waals surface area contributed by atoms with E-state index < -0.39 is 0 Å². The summed E-state index contributed by atoms with van der Waals surface area (Å²) in [4.78, 5) is 16.6. The summed E-state index contributed by atoms with van der Waals surface area (Å²) in [6.07, 6.45) is 0. The van der Waals surface area contributed by atoms with Crippen molar-refractivity contribution in [2.24, 2.45) is 0 Å². The first-order valence-electron chi connectivity index (χ1n) is 6.48. The molecule has 0 atom stereocenters. The minimum atomic E-state index is -0.338. The van der Waals surface area contributed by atoms with Crippen molar-refractivity contribution in [2.75, 3.05) is 19.5 Å². The first kappa shape index (κ1) is 13.9. The molecule has 0 aliphatic rings. The summed E-state index contributed by atoms with van der Waals surface area (Å²) in [6, 6.07) is 7.66. The number of carbonyl (C=O) groups excluding carboxylic acids is 1. The number of hydrogen-bond acceptors (Lipinski definition) is 5. The fraction of sp³-hybridized carbons (Fsp3) is 0.200. The van der Waals surface area contributed by atoms with Gasteiger partial charge < -0.3 is 0 Å². The molecular weight excluding hydrogens is 335 g/mol. The van der Waals surface area contributed by atoms with Gasteiger partial charge in [0.15, 0.2) is 0 Å². The third-order valence-corrected chi connectivity index (χ3v) is 5.48. The normalized spacial score (nSPS) is 11.0. The van der Waals surface area contributed by atoms with Gasteiger partial charge >= 0.3 is 127 Å².